The normalized spacial score (nSPS) is 12.9. The Balaban J connectivity index is 1.17. The number of aryl methyl sites for hydroxylation is 1. The van der Waals surface area contributed by atoms with E-state index >= 15 is 0 Å². The standard InChI is InChI=1S/C29H39NO5/c1-2-3-4-5-6-7-8-11-24-14-16-25(17-15-24)35-23-22-34-21-20-33-19-18-30-28(31)26-12-9-10-13-27(26)29(30)32/h9-10,12-17H,2-8,11,18-23H2,1H3. The van der Waals surface area contributed by atoms with Crippen molar-refractivity contribution in [1.29, 1.82) is 0 Å². The second-order valence-corrected chi connectivity index (χ2v) is 8.90. The molecule has 6 heteroatoms. The Morgan fingerprint density at radius 2 is 1.23 bits per heavy atom. The number of benzene rings is 2. The van der Waals surface area contributed by atoms with Crippen LogP contribution in [0.2, 0.25) is 0 Å². The molecule has 2 aromatic carbocycles. The molecule has 0 N–H and O–H groups in total. The lowest BCUT2D eigenvalue weighted by molar-refractivity contribution is 0.0282. The van der Waals surface area contributed by atoms with Gasteiger partial charge in [0.15, 0.2) is 0 Å². The summed E-state index contributed by atoms with van der Waals surface area (Å²) in [5.74, 6) is 0.344. The van der Waals surface area contributed by atoms with Crippen LogP contribution in [0.3, 0.4) is 0 Å². The highest BCUT2D eigenvalue weighted by atomic mass is 16.5. The largest absolute Gasteiger partial charge is 0.491 e. The van der Waals surface area contributed by atoms with Crippen LogP contribution in [0.5, 0.6) is 5.75 Å². The van der Waals surface area contributed by atoms with Crippen LogP contribution >= 0.6 is 0 Å². The topological polar surface area (TPSA) is 65.1 Å². The summed E-state index contributed by atoms with van der Waals surface area (Å²) in [6.45, 7) is 4.57. The lowest BCUT2D eigenvalue weighted by atomic mass is 10.0. The molecule has 2 amide bonds. The quantitative estimate of drug-likeness (QED) is 0.202. The van der Waals surface area contributed by atoms with Gasteiger partial charge in [0.1, 0.15) is 12.4 Å². The Bertz CT molecular complexity index is 877. The molecule has 0 aromatic heterocycles. The van der Waals surface area contributed by atoms with Crippen molar-refractivity contribution in [2.75, 3.05) is 39.6 Å². The van der Waals surface area contributed by atoms with Crippen molar-refractivity contribution >= 4 is 11.8 Å². The van der Waals surface area contributed by atoms with Crippen LogP contribution in [0.1, 0.15) is 78.1 Å². The second-order valence-electron chi connectivity index (χ2n) is 8.90. The molecule has 1 aliphatic heterocycles. The Morgan fingerprint density at radius 3 is 1.89 bits per heavy atom. The number of hydrogen-bond acceptors (Lipinski definition) is 5. The third-order valence-corrected chi connectivity index (χ3v) is 6.20. The minimum Gasteiger partial charge on any atom is -0.491 e. The van der Waals surface area contributed by atoms with Crippen molar-refractivity contribution in [3.8, 4) is 5.75 Å². The van der Waals surface area contributed by atoms with Gasteiger partial charge in [0, 0.05) is 0 Å². The van der Waals surface area contributed by atoms with Gasteiger partial charge in [-0.3, -0.25) is 14.5 Å². The fourth-order valence-electron chi connectivity index (χ4n) is 4.18. The fraction of sp³-hybridized carbons (Fsp3) is 0.517. The number of amides is 2. The van der Waals surface area contributed by atoms with Gasteiger partial charge in [-0.15, -0.1) is 0 Å². The Labute approximate surface area is 209 Å². The van der Waals surface area contributed by atoms with Crippen LogP contribution in [0.25, 0.3) is 0 Å². The van der Waals surface area contributed by atoms with E-state index in [9.17, 15) is 9.59 Å². The molecule has 35 heavy (non-hydrogen) atoms. The number of carbonyl (C=O) groups is 2. The highest BCUT2D eigenvalue weighted by Gasteiger charge is 2.34. The number of nitrogens with zero attached hydrogens (tertiary/aromatic N) is 1. The predicted molar refractivity (Wildman–Crippen MR) is 137 cm³/mol. The molecular formula is C29H39NO5. The number of hydrogen-bond donors (Lipinski definition) is 0. The molecule has 0 atom stereocenters. The Morgan fingerprint density at radius 1 is 0.657 bits per heavy atom. The zero-order valence-corrected chi connectivity index (χ0v) is 21.0. The molecule has 0 radical (unpaired) electrons. The molecule has 0 bridgehead atoms. The molecule has 0 saturated heterocycles. The van der Waals surface area contributed by atoms with Gasteiger partial charge in [-0.05, 0) is 42.7 Å². The van der Waals surface area contributed by atoms with Crippen LogP contribution in [0.4, 0.5) is 0 Å². The summed E-state index contributed by atoms with van der Waals surface area (Å²) in [4.78, 5) is 25.8. The van der Waals surface area contributed by atoms with E-state index in [0.717, 1.165) is 12.2 Å². The van der Waals surface area contributed by atoms with Gasteiger partial charge in [-0.2, -0.15) is 0 Å². The lowest BCUT2D eigenvalue weighted by Crippen LogP contribution is -2.33. The van der Waals surface area contributed by atoms with Gasteiger partial charge in [0.25, 0.3) is 11.8 Å². The zero-order chi connectivity index (χ0) is 24.7. The molecule has 1 heterocycles. The Kier molecular flexibility index (Phi) is 11.8. The maximum Gasteiger partial charge on any atom is 0.261 e. The Hall–Kier alpha value is -2.70. The highest BCUT2D eigenvalue weighted by molar-refractivity contribution is 6.21. The van der Waals surface area contributed by atoms with Crippen molar-refractivity contribution in [3.63, 3.8) is 0 Å². The van der Waals surface area contributed by atoms with Crippen molar-refractivity contribution in [1.82, 2.24) is 4.90 Å². The van der Waals surface area contributed by atoms with Crippen LogP contribution in [-0.4, -0.2) is 56.3 Å². The SMILES string of the molecule is CCCCCCCCCc1ccc(OCCOCCOCCN2C(=O)c3ccccc3C2=O)cc1. The zero-order valence-electron chi connectivity index (χ0n) is 21.0. The van der Waals surface area contributed by atoms with E-state index in [2.05, 4.69) is 19.1 Å². The van der Waals surface area contributed by atoms with E-state index in [1.807, 2.05) is 12.1 Å². The summed E-state index contributed by atoms with van der Waals surface area (Å²) in [5.41, 5.74) is 2.28. The van der Waals surface area contributed by atoms with Crippen molar-refractivity contribution in [2.45, 2.75) is 58.3 Å². The molecule has 190 valence electrons. The summed E-state index contributed by atoms with van der Waals surface area (Å²) in [6.07, 6.45) is 10.4. The summed E-state index contributed by atoms with van der Waals surface area (Å²) >= 11 is 0. The van der Waals surface area contributed by atoms with E-state index in [4.69, 9.17) is 14.2 Å². The maximum atomic E-state index is 12.3. The minimum atomic E-state index is -0.256. The first-order valence-corrected chi connectivity index (χ1v) is 13.0. The molecule has 0 spiro atoms. The van der Waals surface area contributed by atoms with Crippen molar-refractivity contribution in [3.05, 3.63) is 65.2 Å². The molecule has 0 fully saturated rings. The molecular weight excluding hydrogens is 442 g/mol. The first kappa shape index (κ1) is 26.9. The third kappa shape index (κ3) is 8.79. The smallest absolute Gasteiger partial charge is 0.261 e. The van der Waals surface area contributed by atoms with Crippen LogP contribution in [0, 0.1) is 0 Å². The first-order valence-electron chi connectivity index (χ1n) is 13.0. The number of imide groups is 1. The number of ether oxygens (including phenoxy) is 3. The molecule has 1 aliphatic rings. The maximum absolute atomic E-state index is 12.3. The van der Waals surface area contributed by atoms with E-state index in [1.54, 1.807) is 24.3 Å². The molecule has 6 nitrogen and oxygen atoms in total. The minimum absolute atomic E-state index is 0.240. The molecule has 3 rings (SSSR count). The third-order valence-electron chi connectivity index (χ3n) is 6.20. The second kappa shape index (κ2) is 15.3. The number of fused-ring (bicyclic) bond motifs is 1. The van der Waals surface area contributed by atoms with Crippen LogP contribution < -0.4 is 4.74 Å². The average molecular weight is 482 g/mol. The van der Waals surface area contributed by atoms with E-state index in [1.165, 1.54) is 55.4 Å². The highest BCUT2D eigenvalue weighted by Crippen LogP contribution is 2.22. The summed E-state index contributed by atoms with van der Waals surface area (Å²) in [5, 5.41) is 0. The average Bonchev–Trinajstić information content (AvgIpc) is 3.13. The lowest BCUT2D eigenvalue weighted by Gasteiger charge is -2.14. The fourth-order valence-corrected chi connectivity index (χ4v) is 4.18. The number of carbonyl (C=O) groups excluding carboxylic acids is 2. The predicted octanol–water partition coefficient (Wildman–Crippen LogP) is 5.69. The van der Waals surface area contributed by atoms with E-state index in [0.29, 0.717) is 37.6 Å². The van der Waals surface area contributed by atoms with E-state index < -0.39 is 0 Å². The van der Waals surface area contributed by atoms with Crippen LogP contribution in [-0.2, 0) is 15.9 Å². The summed E-state index contributed by atoms with van der Waals surface area (Å²) < 4.78 is 16.8. The first-order chi connectivity index (χ1) is 17.2. The number of rotatable bonds is 18. The molecule has 0 saturated carbocycles. The van der Waals surface area contributed by atoms with Crippen molar-refractivity contribution < 1.29 is 23.8 Å². The van der Waals surface area contributed by atoms with Gasteiger partial charge >= 0.3 is 0 Å². The number of unbranched alkanes of at least 4 members (excludes halogenated alkanes) is 6. The van der Waals surface area contributed by atoms with Gasteiger partial charge < -0.3 is 14.2 Å². The van der Waals surface area contributed by atoms with Gasteiger partial charge in [0.2, 0.25) is 0 Å². The summed E-state index contributed by atoms with van der Waals surface area (Å²) in [7, 11) is 0. The van der Waals surface area contributed by atoms with Gasteiger partial charge in [0.05, 0.1) is 44.1 Å². The van der Waals surface area contributed by atoms with E-state index in [-0.39, 0.29) is 25.0 Å². The molecule has 0 aliphatic carbocycles. The van der Waals surface area contributed by atoms with Crippen molar-refractivity contribution in [2.24, 2.45) is 0 Å². The summed E-state index contributed by atoms with van der Waals surface area (Å²) in [6, 6.07) is 15.2. The van der Waals surface area contributed by atoms with Gasteiger partial charge in [-0.1, -0.05) is 69.7 Å². The molecule has 2 aromatic rings. The van der Waals surface area contributed by atoms with Crippen LogP contribution in [0.15, 0.2) is 48.5 Å². The monoisotopic (exact) mass is 481 g/mol. The van der Waals surface area contributed by atoms with Gasteiger partial charge in [-0.25, -0.2) is 0 Å². The molecule has 0 unspecified atom stereocenters.